The molecule has 2 aromatic carbocycles. The number of hydrogen-bond acceptors (Lipinski definition) is 2. The minimum atomic E-state index is -0.312. The molecule has 1 amide bonds. The zero-order valence-electron chi connectivity index (χ0n) is 12.9. The van der Waals surface area contributed by atoms with E-state index >= 15 is 0 Å². The Morgan fingerprint density at radius 1 is 1.17 bits per heavy atom. The van der Waals surface area contributed by atoms with Crippen LogP contribution in [0.1, 0.15) is 24.1 Å². The molecule has 2 aromatic rings. The van der Waals surface area contributed by atoms with Gasteiger partial charge in [-0.1, -0.05) is 35.4 Å². The van der Waals surface area contributed by atoms with Gasteiger partial charge < -0.3 is 0 Å². The summed E-state index contributed by atoms with van der Waals surface area (Å²) in [5.74, 6) is 2.54. The molecule has 0 N–H and O–H groups in total. The first-order valence-corrected chi connectivity index (χ1v) is 7.70. The van der Waals surface area contributed by atoms with Crippen molar-refractivity contribution < 1.29 is 4.79 Å². The smallest absolute Gasteiger partial charge is 0.266 e. The summed E-state index contributed by atoms with van der Waals surface area (Å²) in [7, 11) is 0. The quantitative estimate of drug-likeness (QED) is 0.619. The van der Waals surface area contributed by atoms with Crippen LogP contribution >= 0.6 is 11.6 Å². The summed E-state index contributed by atoms with van der Waals surface area (Å²) in [5.41, 5.74) is 2.51. The summed E-state index contributed by atoms with van der Waals surface area (Å²) in [6.07, 6.45) is 1.79. The van der Waals surface area contributed by atoms with Gasteiger partial charge in [-0.3, -0.25) is 4.79 Å². The van der Waals surface area contributed by atoms with Crippen LogP contribution in [0.4, 0.5) is 0 Å². The molecule has 23 heavy (non-hydrogen) atoms. The first-order chi connectivity index (χ1) is 11.0. The molecule has 0 aromatic heterocycles. The van der Waals surface area contributed by atoms with Crippen LogP contribution < -0.4 is 10.6 Å². The highest BCUT2D eigenvalue weighted by Gasteiger charge is 2.10. The fraction of sp³-hybridized carbons (Fsp3) is 0.158. The van der Waals surface area contributed by atoms with E-state index in [1.165, 1.54) is 0 Å². The number of hydrogen-bond donors (Lipinski definition) is 0. The van der Waals surface area contributed by atoms with Crippen LogP contribution in [0.25, 0.3) is 6.08 Å². The number of fused-ring (bicyclic) bond motifs is 1. The number of aryl methyl sites for hydroxylation is 1. The van der Waals surface area contributed by atoms with Crippen molar-refractivity contribution >= 4 is 29.5 Å². The summed E-state index contributed by atoms with van der Waals surface area (Å²) in [5, 5.41) is 2.29. The minimum Gasteiger partial charge on any atom is -0.266 e. The van der Waals surface area contributed by atoms with E-state index in [2.05, 4.69) is 15.9 Å². The van der Waals surface area contributed by atoms with E-state index in [0.717, 1.165) is 16.3 Å². The molecule has 0 spiro atoms. The number of amides is 1. The van der Waals surface area contributed by atoms with Gasteiger partial charge in [0.15, 0.2) is 0 Å². The van der Waals surface area contributed by atoms with Crippen molar-refractivity contribution in [1.82, 2.24) is 0 Å². The summed E-state index contributed by atoms with van der Waals surface area (Å²) in [6, 6.07) is 13.1. The highest BCUT2D eigenvalue weighted by molar-refractivity contribution is 6.30. The van der Waals surface area contributed by atoms with E-state index in [4.69, 9.17) is 11.6 Å². The monoisotopic (exact) mass is 322 g/mol. The Hall–Kier alpha value is -2.48. The Balaban J connectivity index is 1.98. The van der Waals surface area contributed by atoms with Gasteiger partial charge in [-0.15, -0.1) is 0 Å². The van der Waals surface area contributed by atoms with Crippen LogP contribution in [0.3, 0.4) is 0 Å². The zero-order chi connectivity index (χ0) is 16.4. The number of aliphatic imine (C=N–C) groups is 1. The van der Waals surface area contributed by atoms with Crippen molar-refractivity contribution in [2.24, 2.45) is 9.98 Å². The summed E-state index contributed by atoms with van der Waals surface area (Å²) in [4.78, 5) is 20.5. The van der Waals surface area contributed by atoms with E-state index in [-0.39, 0.29) is 11.9 Å². The second-order valence-corrected chi connectivity index (χ2v) is 5.94. The fourth-order valence-corrected chi connectivity index (χ4v) is 2.47. The number of benzene rings is 2. The summed E-state index contributed by atoms with van der Waals surface area (Å²) >= 11 is 5.88. The molecule has 0 fully saturated rings. The molecule has 0 saturated heterocycles. The molecule has 1 atom stereocenters. The average molecular weight is 323 g/mol. The second-order valence-electron chi connectivity index (χ2n) is 5.51. The molecule has 0 saturated carbocycles. The summed E-state index contributed by atoms with van der Waals surface area (Å²) in [6.45, 7) is 3.95. The lowest BCUT2D eigenvalue weighted by molar-refractivity contribution is -0.114. The molecule has 1 unspecified atom stereocenters. The molecule has 0 bridgehead atoms. The zero-order valence-corrected chi connectivity index (χ0v) is 13.6. The molecule has 0 radical (unpaired) electrons. The van der Waals surface area contributed by atoms with E-state index in [0.29, 0.717) is 16.0 Å². The van der Waals surface area contributed by atoms with Gasteiger partial charge in [0.1, 0.15) is 5.57 Å². The molecule has 0 aliphatic carbocycles. The van der Waals surface area contributed by atoms with Crippen LogP contribution in [0.2, 0.25) is 5.02 Å². The SMILES string of the molecule is Cc1ccc2c(c1)=CC(=C=NC(C)c1ccc(Cl)cc1)C(=O)N=2. The van der Waals surface area contributed by atoms with Crippen LogP contribution in [0.15, 0.2) is 58.0 Å². The fourth-order valence-electron chi connectivity index (χ4n) is 2.34. The maximum atomic E-state index is 12.1. The number of carbonyl (C=O) groups excluding carboxylic acids is 1. The van der Waals surface area contributed by atoms with E-state index in [1.54, 1.807) is 6.08 Å². The van der Waals surface area contributed by atoms with Gasteiger partial charge >= 0.3 is 0 Å². The highest BCUT2D eigenvalue weighted by Crippen LogP contribution is 2.18. The molecule has 1 heterocycles. The minimum absolute atomic E-state index is 0.111. The van der Waals surface area contributed by atoms with E-state index in [9.17, 15) is 4.79 Å². The van der Waals surface area contributed by atoms with Gasteiger partial charge in [-0.2, -0.15) is 0 Å². The molecule has 3 nitrogen and oxygen atoms in total. The Bertz CT molecular complexity index is 952. The van der Waals surface area contributed by atoms with Crippen molar-refractivity contribution in [3.8, 4) is 0 Å². The van der Waals surface area contributed by atoms with Crippen LogP contribution in [-0.4, -0.2) is 11.8 Å². The topological polar surface area (TPSA) is 41.8 Å². The number of nitrogens with zero attached hydrogens (tertiary/aromatic N) is 2. The lowest BCUT2D eigenvalue weighted by Gasteiger charge is -2.05. The second kappa shape index (κ2) is 6.33. The third-order valence-corrected chi connectivity index (χ3v) is 3.92. The number of halogens is 1. The molecule has 1 aliphatic rings. The number of rotatable bonds is 2. The maximum absolute atomic E-state index is 12.1. The van der Waals surface area contributed by atoms with Gasteiger partial charge in [0.25, 0.3) is 5.91 Å². The first-order valence-electron chi connectivity index (χ1n) is 7.32. The summed E-state index contributed by atoms with van der Waals surface area (Å²) < 4.78 is 0. The lowest BCUT2D eigenvalue weighted by Crippen LogP contribution is -2.30. The molecular formula is C19H15ClN2O. The Morgan fingerprint density at radius 3 is 2.65 bits per heavy atom. The van der Waals surface area contributed by atoms with Gasteiger partial charge in [-0.05, 0) is 55.6 Å². The Kier molecular flexibility index (Phi) is 4.24. The normalized spacial score (nSPS) is 14.2. The maximum Gasteiger partial charge on any atom is 0.287 e. The van der Waals surface area contributed by atoms with Gasteiger partial charge in [0.05, 0.1) is 11.4 Å². The molecule has 1 aliphatic heterocycles. The first kappa shape index (κ1) is 15.4. The van der Waals surface area contributed by atoms with E-state index in [1.807, 2.05) is 56.3 Å². The molecule has 4 heteroatoms. The standard InChI is InChI=1S/C19H15ClN2O/c1-12-3-8-18-15(9-12)10-16(19(23)22-18)11-21-13(2)14-4-6-17(20)7-5-14/h3-10,13H,1-2H3. The van der Waals surface area contributed by atoms with Crippen molar-refractivity contribution in [3.63, 3.8) is 0 Å². The van der Waals surface area contributed by atoms with Crippen molar-refractivity contribution in [2.75, 3.05) is 0 Å². The Labute approximate surface area is 139 Å². The Morgan fingerprint density at radius 2 is 1.91 bits per heavy atom. The largest absolute Gasteiger partial charge is 0.287 e. The predicted octanol–water partition coefficient (Wildman–Crippen LogP) is 2.95. The highest BCUT2D eigenvalue weighted by atomic mass is 35.5. The predicted molar refractivity (Wildman–Crippen MR) is 92.2 cm³/mol. The molecule has 3 rings (SSSR count). The molecule has 114 valence electrons. The van der Waals surface area contributed by atoms with Gasteiger partial charge in [0, 0.05) is 10.2 Å². The number of carbonyl (C=O) groups is 1. The van der Waals surface area contributed by atoms with E-state index < -0.39 is 0 Å². The van der Waals surface area contributed by atoms with Crippen molar-refractivity contribution in [1.29, 1.82) is 0 Å². The van der Waals surface area contributed by atoms with Crippen molar-refractivity contribution in [3.05, 3.63) is 74.8 Å². The van der Waals surface area contributed by atoms with Crippen LogP contribution in [0, 0.1) is 6.92 Å². The van der Waals surface area contributed by atoms with Crippen molar-refractivity contribution in [2.45, 2.75) is 19.9 Å². The average Bonchev–Trinajstić information content (AvgIpc) is 2.53. The third-order valence-electron chi connectivity index (χ3n) is 3.67. The molecular weight excluding hydrogens is 308 g/mol. The lowest BCUT2D eigenvalue weighted by atomic mass is 10.1. The van der Waals surface area contributed by atoms with Gasteiger partial charge in [-0.25, -0.2) is 9.98 Å². The van der Waals surface area contributed by atoms with Gasteiger partial charge in [0.2, 0.25) is 0 Å². The van der Waals surface area contributed by atoms with Crippen LogP contribution in [0.5, 0.6) is 0 Å². The van der Waals surface area contributed by atoms with Crippen LogP contribution in [-0.2, 0) is 4.79 Å². The third kappa shape index (κ3) is 3.48.